The summed E-state index contributed by atoms with van der Waals surface area (Å²) in [5.41, 5.74) is 1.27. The first kappa shape index (κ1) is 16.8. The van der Waals surface area contributed by atoms with Crippen molar-refractivity contribution >= 4 is 27.9 Å². The second-order valence-electron chi connectivity index (χ2n) is 7.03. The quantitative estimate of drug-likeness (QED) is 0.773. The van der Waals surface area contributed by atoms with E-state index in [9.17, 15) is 9.59 Å². The van der Waals surface area contributed by atoms with E-state index in [2.05, 4.69) is 33.4 Å². The fourth-order valence-corrected chi connectivity index (χ4v) is 4.46. The number of amides is 3. The van der Waals surface area contributed by atoms with Gasteiger partial charge in [0.1, 0.15) is 6.61 Å². The Balaban J connectivity index is 1.38. The Morgan fingerprint density at radius 2 is 2.00 bits per heavy atom. The maximum atomic E-state index is 12.9. The number of hydrogen-bond acceptors (Lipinski definition) is 3. The Bertz CT molecular complexity index is 683. The number of piperidine rings is 1. The predicted octanol–water partition coefficient (Wildman–Crippen LogP) is 1.95. The van der Waals surface area contributed by atoms with Crippen LogP contribution in [0.25, 0.3) is 0 Å². The summed E-state index contributed by atoms with van der Waals surface area (Å²) in [6.07, 6.45) is 1.80. The zero-order valence-corrected chi connectivity index (χ0v) is 15.6. The van der Waals surface area contributed by atoms with Crippen molar-refractivity contribution in [3.8, 4) is 0 Å². The molecule has 6 nitrogen and oxygen atoms in total. The van der Waals surface area contributed by atoms with Crippen LogP contribution in [0.1, 0.15) is 24.3 Å². The standard InChI is InChI=1S/C18H22BrN3O3/c19-14-3-1-2-12(8-14)13-4-6-21(9-13)18(24)22-7-5-16-15(10-22)20-17(23)11-25-16/h1-3,8,13,15-16H,4-7,9-11H2,(H,20,23)/t13?,15-,16+/m1/s1. The van der Waals surface area contributed by atoms with E-state index < -0.39 is 0 Å². The van der Waals surface area contributed by atoms with Crippen LogP contribution in [-0.4, -0.2) is 66.7 Å². The average molecular weight is 408 g/mol. The molecule has 3 heterocycles. The smallest absolute Gasteiger partial charge is 0.320 e. The molecule has 0 radical (unpaired) electrons. The third-order valence-corrected chi connectivity index (χ3v) is 5.87. The molecule has 1 N–H and O–H groups in total. The topological polar surface area (TPSA) is 61.9 Å². The van der Waals surface area contributed by atoms with Crippen molar-refractivity contribution in [3.63, 3.8) is 0 Å². The first-order valence-corrected chi connectivity index (χ1v) is 9.60. The van der Waals surface area contributed by atoms with Gasteiger partial charge in [-0.3, -0.25) is 4.79 Å². The number of nitrogens with one attached hydrogen (secondary N) is 1. The second kappa shape index (κ2) is 6.96. The SMILES string of the molecule is O=C1CO[C@H]2CCN(C(=O)N3CCC(c4cccc(Br)c4)C3)C[C@H]2N1. The van der Waals surface area contributed by atoms with Crippen LogP contribution >= 0.6 is 15.9 Å². The van der Waals surface area contributed by atoms with E-state index in [1.807, 2.05) is 21.9 Å². The van der Waals surface area contributed by atoms with Crippen LogP contribution in [0.3, 0.4) is 0 Å². The van der Waals surface area contributed by atoms with Gasteiger partial charge in [0.2, 0.25) is 5.91 Å². The molecule has 1 aromatic carbocycles. The first-order chi connectivity index (χ1) is 12.1. The summed E-state index contributed by atoms with van der Waals surface area (Å²) >= 11 is 3.52. The summed E-state index contributed by atoms with van der Waals surface area (Å²) < 4.78 is 6.64. The van der Waals surface area contributed by atoms with Gasteiger partial charge in [-0.05, 0) is 30.5 Å². The number of rotatable bonds is 1. The zero-order chi connectivity index (χ0) is 17.4. The summed E-state index contributed by atoms with van der Waals surface area (Å²) in [6, 6.07) is 8.33. The summed E-state index contributed by atoms with van der Waals surface area (Å²) in [5, 5.41) is 2.95. The third-order valence-electron chi connectivity index (χ3n) is 5.37. The van der Waals surface area contributed by atoms with Crippen LogP contribution in [0.4, 0.5) is 4.79 Å². The Hall–Kier alpha value is -1.60. The molecular formula is C18H22BrN3O3. The molecule has 7 heteroatoms. The lowest BCUT2D eigenvalue weighted by molar-refractivity contribution is -0.139. The molecule has 25 heavy (non-hydrogen) atoms. The van der Waals surface area contributed by atoms with Crippen LogP contribution in [0, 0.1) is 0 Å². The maximum absolute atomic E-state index is 12.9. The summed E-state index contributed by atoms with van der Waals surface area (Å²) in [4.78, 5) is 28.2. The number of halogens is 1. The van der Waals surface area contributed by atoms with Crippen molar-refractivity contribution in [2.75, 3.05) is 32.8 Å². The van der Waals surface area contributed by atoms with E-state index in [4.69, 9.17) is 4.74 Å². The minimum atomic E-state index is -0.0913. The van der Waals surface area contributed by atoms with Crippen molar-refractivity contribution < 1.29 is 14.3 Å². The summed E-state index contributed by atoms with van der Waals surface area (Å²) in [5.74, 6) is 0.295. The normalized spacial score (nSPS) is 29.3. The van der Waals surface area contributed by atoms with E-state index in [1.54, 1.807) is 0 Å². The number of carbonyl (C=O) groups is 2. The largest absolute Gasteiger partial charge is 0.366 e. The lowest BCUT2D eigenvalue weighted by Gasteiger charge is -2.42. The predicted molar refractivity (Wildman–Crippen MR) is 96.3 cm³/mol. The highest BCUT2D eigenvalue weighted by Gasteiger charge is 2.38. The summed E-state index contributed by atoms with van der Waals surface area (Å²) in [7, 11) is 0. The highest BCUT2D eigenvalue weighted by Crippen LogP contribution is 2.30. The molecule has 0 aliphatic carbocycles. The minimum Gasteiger partial charge on any atom is -0.366 e. The van der Waals surface area contributed by atoms with Gasteiger partial charge in [0, 0.05) is 36.6 Å². The molecule has 0 aromatic heterocycles. The van der Waals surface area contributed by atoms with Crippen LogP contribution in [0.2, 0.25) is 0 Å². The maximum Gasteiger partial charge on any atom is 0.320 e. The number of morpholine rings is 1. The van der Waals surface area contributed by atoms with Crippen LogP contribution in [0.5, 0.6) is 0 Å². The van der Waals surface area contributed by atoms with Gasteiger partial charge in [0.05, 0.1) is 12.1 Å². The van der Waals surface area contributed by atoms with Gasteiger partial charge < -0.3 is 19.9 Å². The molecule has 3 aliphatic heterocycles. The van der Waals surface area contributed by atoms with Gasteiger partial charge in [-0.25, -0.2) is 4.79 Å². The Labute approximate surface area is 155 Å². The molecule has 0 saturated carbocycles. The monoisotopic (exact) mass is 407 g/mol. The van der Waals surface area contributed by atoms with E-state index >= 15 is 0 Å². The average Bonchev–Trinajstić information content (AvgIpc) is 3.10. The van der Waals surface area contributed by atoms with Crippen molar-refractivity contribution in [1.82, 2.24) is 15.1 Å². The molecule has 0 spiro atoms. The van der Waals surface area contributed by atoms with Crippen LogP contribution < -0.4 is 5.32 Å². The number of nitrogens with zero attached hydrogens (tertiary/aromatic N) is 2. The van der Waals surface area contributed by atoms with E-state index in [-0.39, 0.29) is 30.7 Å². The third kappa shape index (κ3) is 3.53. The minimum absolute atomic E-state index is 0.0368. The van der Waals surface area contributed by atoms with E-state index in [0.717, 1.165) is 30.4 Å². The molecular weight excluding hydrogens is 386 g/mol. The van der Waals surface area contributed by atoms with Gasteiger partial charge in [0.15, 0.2) is 0 Å². The Morgan fingerprint density at radius 1 is 1.20 bits per heavy atom. The molecule has 1 aromatic rings. The van der Waals surface area contributed by atoms with E-state index in [0.29, 0.717) is 19.0 Å². The highest BCUT2D eigenvalue weighted by atomic mass is 79.9. The Kier molecular flexibility index (Phi) is 4.69. The lowest BCUT2D eigenvalue weighted by Crippen LogP contribution is -2.62. The van der Waals surface area contributed by atoms with Gasteiger partial charge >= 0.3 is 6.03 Å². The van der Waals surface area contributed by atoms with Crippen molar-refractivity contribution in [3.05, 3.63) is 34.3 Å². The molecule has 4 rings (SSSR count). The molecule has 3 fully saturated rings. The molecule has 3 atom stereocenters. The number of benzene rings is 1. The number of carbonyl (C=O) groups excluding carboxylic acids is 2. The van der Waals surface area contributed by atoms with Gasteiger partial charge in [0.25, 0.3) is 0 Å². The molecule has 3 amide bonds. The highest BCUT2D eigenvalue weighted by molar-refractivity contribution is 9.10. The van der Waals surface area contributed by atoms with E-state index in [1.165, 1.54) is 5.56 Å². The van der Waals surface area contributed by atoms with Crippen LogP contribution in [0.15, 0.2) is 28.7 Å². The second-order valence-corrected chi connectivity index (χ2v) is 7.94. The lowest BCUT2D eigenvalue weighted by atomic mass is 9.99. The first-order valence-electron chi connectivity index (χ1n) is 8.80. The molecule has 3 saturated heterocycles. The zero-order valence-electron chi connectivity index (χ0n) is 14.0. The molecule has 1 unspecified atom stereocenters. The Morgan fingerprint density at radius 3 is 2.84 bits per heavy atom. The fourth-order valence-electron chi connectivity index (χ4n) is 4.04. The molecule has 134 valence electrons. The van der Waals surface area contributed by atoms with Gasteiger partial charge in [-0.15, -0.1) is 0 Å². The van der Waals surface area contributed by atoms with Gasteiger partial charge in [-0.1, -0.05) is 28.1 Å². The number of hydrogen-bond donors (Lipinski definition) is 1. The van der Waals surface area contributed by atoms with Crippen LogP contribution in [-0.2, 0) is 9.53 Å². The van der Waals surface area contributed by atoms with Crippen molar-refractivity contribution in [1.29, 1.82) is 0 Å². The number of fused-ring (bicyclic) bond motifs is 1. The number of urea groups is 1. The molecule has 3 aliphatic rings. The van der Waals surface area contributed by atoms with Crippen molar-refractivity contribution in [2.45, 2.75) is 30.9 Å². The molecule has 0 bridgehead atoms. The van der Waals surface area contributed by atoms with Crippen molar-refractivity contribution in [2.24, 2.45) is 0 Å². The van der Waals surface area contributed by atoms with Gasteiger partial charge in [-0.2, -0.15) is 0 Å². The fraction of sp³-hybridized carbons (Fsp3) is 0.556. The summed E-state index contributed by atoms with van der Waals surface area (Å²) in [6.45, 7) is 2.89. The number of likely N-dealkylation sites (tertiary alicyclic amines) is 2. The number of ether oxygens (including phenoxy) is 1.